The maximum Gasteiger partial charge on any atom is 0.298 e. The molecule has 1 heterocycles. The Hall–Kier alpha value is -2.44. The van der Waals surface area contributed by atoms with Crippen molar-refractivity contribution in [2.45, 2.75) is 13.0 Å². The molecule has 0 amide bonds. The van der Waals surface area contributed by atoms with E-state index in [1.54, 1.807) is 13.0 Å². The first kappa shape index (κ1) is 13.0. The lowest BCUT2D eigenvalue weighted by atomic mass is 10.1. The van der Waals surface area contributed by atoms with Crippen molar-refractivity contribution in [3.63, 3.8) is 0 Å². The molecule has 0 aliphatic carbocycles. The minimum Gasteiger partial charge on any atom is -0.472 e. The maximum atomic E-state index is 13.6. The van der Waals surface area contributed by atoms with Gasteiger partial charge in [0, 0.05) is 11.6 Å². The second-order valence-electron chi connectivity index (χ2n) is 3.96. The van der Waals surface area contributed by atoms with E-state index in [0.717, 1.165) is 0 Å². The Morgan fingerprint density at radius 3 is 2.74 bits per heavy atom. The molecule has 100 valence electrons. The number of nitrogens with one attached hydrogen (secondary N) is 1. The van der Waals surface area contributed by atoms with Crippen LogP contribution in [-0.4, -0.2) is 4.92 Å². The van der Waals surface area contributed by atoms with Crippen LogP contribution in [0.25, 0.3) is 0 Å². The molecule has 1 unspecified atom stereocenters. The fraction of sp³-hybridized carbons (Fsp3) is 0.167. The summed E-state index contributed by atoms with van der Waals surface area (Å²) in [5.41, 5.74) is -0.300. The molecule has 0 saturated heterocycles. The van der Waals surface area contributed by atoms with Crippen molar-refractivity contribution in [1.82, 2.24) is 0 Å². The van der Waals surface area contributed by atoms with Gasteiger partial charge in [0.05, 0.1) is 29.6 Å². The summed E-state index contributed by atoms with van der Waals surface area (Å²) in [6.45, 7) is 1.68. The highest BCUT2D eigenvalue weighted by Crippen LogP contribution is 2.31. The summed E-state index contributed by atoms with van der Waals surface area (Å²) in [6.07, 6.45) is 2.87. The summed E-state index contributed by atoms with van der Waals surface area (Å²) < 4.78 is 31.5. The molecule has 1 aromatic carbocycles. The predicted molar refractivity (Wildman–Crippen MR) is 63.8 cm³/mol. The largest absolute Gasteiger partial charge is 0.472 e. The topological polar surface area (TPSA) is 68.3 Å². The summed E-state index contributed by atoms with van der Waals surface area (Å²) in [7, 11) is 0. The van der Waals surface area contributed by atoms with Crippen molar-refractivity contribution in [3.8, 4) is 0 Å². The van der Waals surface area contributed by atoms with Gasteiger partial charge in [-0.05, 0) is 13.0 Å². The monoisotopic (exact) mass is 268 g/mol. The lowest BCUT2D eigenvalue weighted by molar-refractivity contribution is -0.384. The zero-order valence-electron chi connectivity index (χ0n) is 9.89. The molecule has 0 aliphatic rings. The Bertz CT molecular complexity index is 599. The van der Waals surface area contributed by atoms with Gasteiger partial charge in [-0.1, -0.05) is 0 Å². The van der Waals surface area contributed by atoms with Crippen LogP contribution in [0.2, 0.25) is 0 Å². The van der Waals surface area contributed by atoms with Crippen LogP contribution in [-0.2, 0) is 0 Å². The third-order valence-electron chi connectivity index (χ3n) is 2.63. The van der Waals surface area contributed by atoms with E-state index in [1.165, 1.54) is 12.5 Å². The highest BCUT2D eigenvalue weighted by molar-refractivity contribution is 5.63. The number of hydrogen-bond acceptors (Lipinski definition) is 4. The van der Waals surface area contributed by atoms with Crippen molar-refractivity contribution in [1.29, 1.82) is 0 Å². The zero-order valence-corrected chi connectivity index (χ0v) is 9.89. The number of rotatable bonds is 4. The van der Waals surface area contributed by atoms with Crippen LogP contribution < -0.4 is 5.32 Å². The quantitative estimate of drug-likeness (QED) is 0.679. The summed E-state index contributed by atoms with van der Waals surface area (Å²) in [6, 6.07) is 2.49. The van der Waals surface area contributed by atoms with Crippen molar-refractivity contribution in [2.24, 2.45) is 0 Å². The summed E-state index contributed by atoms with van der Waals surface area (Å²) in [5.74, 6) is -2.01. The van der Waals surface area contributed by atoms with Gasteiger partial charge in [0.15, 0.2) is 5.82 Å². The van der Waals surface area contributed by atoms with E-state index in [9.17, 15) is 18.9 Å². The fourth-order valence-corrected chi connectivity index (χ4v) is 1.67. The molecular weight excluding hydrogens is 258 g/mol. The molecule has 5 nitrogen and oxygen atoms in total. The van der Waals surface area contributed by atoms with Gasteiger partial charge in [-0.3, -0.25) is 10.1 Å². The molecule has 19 heavy (non-hydrogen) atoms. The Morgan fingerprint density at radius 1 is 1.42 bits per heavy atom. The SMILES string of the molecule is CC(Nc1c(F)cc(F)cc1[N+](=O)[O-])c1ccoc1. The number of furan rings is 1. The molecule has 1 N–H and O–H groups in total. The van der Waals surface area contributed by atoms with Crippen LogP contribution in [0.4, 0.5) is 20.2 Å². The molecule has 1 atom stereocenters. The third kappa shape index (κ3) is 2.70. The molecule has 2 aromatic rings. The molecule has 0 spiro atoms. The standard InChI is InChI=1S/C12H10F2N2O3/c1-7(8-2-3-19-6-8)15-12-10(14)4-9(13)5-11(12)16(17)18/h2-7,15H,1H3. The van der Waals surface area contributed by atoms with Gasteiger partial charge in [-0.15, -0.1) is 0 Å². The van der Waals surface area contributed by atoms with E-state index < -0.39 is 28.3 Å². The summed E-state index contributed by atoms with van der Waals surface area (Å²) in [4.78, 5) is 9.97. The van der Waals surface area contributed by atoms with E-state index in [-0.39, 0.29) is 5.69 Å². The van der Waals surface area contributed by atoms with Crippen LogP contribution >= 0.6 is 0 Å². The highest BCUT2D eigenvalue weighted by Gasteiger charge is 2.22. The molecule has 0 saturated carbocycles. The second kappa shape index (κ2) is 5.05. The lowest BCUT2D eigenvalue weighted by Crippen LogP contribution is -2.09. The Kier molecular flexibility index (Phi) is 3.46. The lowest BCUT2D eigenvalue weighted by Gasteiger charge is -2.14. The fourth-order valence-electron chi connectivity index (χ4n) is 1.67. The first-order chi connectivity index (χ1) is 8.99. The molecule has 1 aromatic heterocycles. The summed E-state index contributed by atoms with van der Waals surface area (Å²) in [5, 5.41) is 13.5. The number of nitrogens with zero attached hydrogens (tertiary/aromatic N) is 1. The normalized spacial score (nSPS) is 12.2. The maximum absolute atomic E-state index is 13.6. The molecule has 0 aliphatic heterocycles. The number of nitro benzene ring substituents is 1. The molecule has 2 rings (SSSR count). The molecule has 0 bridgehead atoms. The van der Waals surface area contributed by atoms with E-state index in [0.29, 0.717) is 17.7 Å². The first-order valence-electron chi connectivity index (χ1n) is 5.41. The smallest absolute Gasteiger partial charge is 0.298 e. The predicted octanol–water partition coefficient (Wildman–Crippen LogP) is 3.64. The number of benzene rings is 1. The van der Waals surface area contributed by atoms with Gasteiger partial charge in [-0.25, -0.2) is 8.78 Å². The van der Waals surface area contributed by atoms with E-state index in [1.807, 2.05) is 0 Å². The van der Waals surface area contributed by atoms with Crippen molar-refractivity contribution >= 4 is 11.4 Å². The average Bonchev–Trinajstić information content (AvgIpc) is 2.85. The molecule has 0 fully saturated rings. The van der Waals surface area contributed by atoms with Gasteiger partial charge in [-0.2, -0.15) is 0 Å². The third-order valence-corrected chi connectivity index (χ3v) is 2.63. The number of anilines is 1. The van der Waals surface area contributed by atoms with Crippen molar-refractivity contribution in [2.75, 3.05) is 5.32 Å². The van der Waals surface area contributed by atoms with Crippen LogP contribution in [0, 0.1) is 21.7 Å². The van der Waals surface area contributed by atoms with Crippen LogP contribution in [0.3, 0.4) is 0 Å². The van der Waals surface area contributed by atoms with Gasteiger partial charge in [0.1, 0.15) is 11.5 Å². The second-order valence-corrected chi connectivity index (χ2v) is 3.96. The Labute approximate surface area is 107 Å². The van der Waals surface area contributed by atoms with Crippen molar-refractivity contribution < 1.29 is 18.1 Å². The Morgan fingerprint density at radius 2 is 2.16 bits per heavy atom. The van der Waals surface area contributed by atoms with Gasteiger partial charge < -0.3 is 9.73 Å². The average molecular weight is 268 g/mol. The van der Waals surface area contributed by atoms with Gasteiger partial charge in [0.2, 0.25) is 0 Å². The minimum absolute atomic E-state index is 0.347. The molecule has 0 radical (unpaired) electrons. The van der Waals surface area contributed by atoms with Crippen LogP contribution in [0.15, 0.2) is 35.1 Å². The summed E-state index contributed by atoms with van der Waals surface area (Å²) >= 11 is 0. The van der Waals surface area contributed by atoms with E-state index in [2.05, 4.69) is 5.32 Å². The van der Waals surface area contributed by atoms with Gasteiger partial charge >= 0.3 is 0 Å². The number of halogens is 2. The highest BCUT2D eigenvalue weighted by atomic mass is 19.1. The number of nitro groups is 1. The van der Waals surface area contributed by atoms with Gasteiger partial charge in [0.25, 0.3) is 5.69 Å². The van der Waals surface area contributed by atoms with E-state index >= 15 is 0 Å². The molecule has 7 heteroatoms. The zero-order chi connectivity index (χ0) is 14.0. The Balaban J connectivity index is 2.36. The van der Waals surface area contributed by atoms with E-state index in [4.69, 9.17) is 4.42 Å². The minimum atomic E-state index is -1.01. The van der Waals surface area contributed by atoms with Crippen molar-refractivity contribution in [3.05, 3.63) is 58.0 Å². The molecular formula is C12H10F2N2O3. The van der Waals surface area contributed by atoms with Crippen LogP contribution in [0.5, 0.6) is 0 Å². The first-order valence-corrected chi connectivity index (χ1v) is 5.41. The van der Waals surface area contributed by atoms with Crippen LogP contribution in [0.1, 0.15) is 18.5 Å². The number of hydrogen-bond donors (Lipinski definition) is 1.